The lowest BCUT2D eigenvalue weighted by Crippen LogP contribution is -2.28. The molecule has 0 radical (unpaired) electrons. The van der Waals surface area contributed by atoms with Gasteiger partial charge in [-0.2, -0.15) is 0 Å². The summed E-state index contributed by atoms with van der Waals surface area (Å²) in [7, 11) is 1.65. The highest BCUT2D eigenvalue weighted by molar-refractivity contribution is 7.11. The third-order valence-corrected chi connectivity index (χ3v) is 6.26. The number of pyridine rings is 1. The van der Waals surface area contributed by atoms with E-state index >= 15 is 0 Å². The normalized spacial score (nSPS) is 11.9. The zero-order valence-electron chi connectivity index (χ0n) is 18.4. The van der Waals surface area contributed by atoms with Crippen molar-refractivity contribution in [2.24, 2.45) is 0 Å². The molecule has 0 spiro atoms. The Morgan fingerprint density at radius 1 is 1.09 bits per heavy atom. The summed E-state index contributed by atoms with van der Waals surface area (Å²) in [6.45, 7) is 0. The monoisotopic (exact) mass is 462 g/mol. The Hall–Kier alpha value is -3.59. The smallest absolute Gasteiger partial charge is 0.263 e. The molecule has 8 nitrogen and oxygen atoms in total. The van der Waals surface area contributed by atoms with Crippen LogP contribution in [0.1, 0.15) is 53.6 Å². The lowest BCUT2D eigenvalue weighted by atomic mass is 10.1. The lowest BCUT2D eigenvalue weighted by Gasteiger charge is -2.16. The molecule has 3 aromatic heterocycles. The molecular weight excluding hydrogens is 436 g/mol. The number of hydrogen-bond acceptors (Lipinski definition) is 6. The number of nitrogens with one attached hydrogen (secondary N) is 3. The summed E-state index contributed by atoms with van der Waals surface area (Å²) in [5, 5.41) is 6.79. The van der Waals surface area contributed by atoms with Crippen molar-refractivity contribution in [2.45, 2.75) is 38.1 Å². The van der Waals surface area contributed by atoms with Crippen LogP contribution in [-0.2, 0) is 4.79 Å². The van der Waals surface area contributed by atoms with Crippen LogP contribution < -0.4 is 10.6 Å². The second kappa shape index (κ2) is 10.8. The topological polar surface area (TPSA) is 113 Å². The Kier molecular flexibility index (Phi) is 7.41. The van der Waals surface area contributed by atoms with E-state index in [-0.39, 0.29) is 17.9 Å². The summed E-state index contributed by atoms with van der Waals surface area (Å²) < 4.78 is 0. The van der Waals surface area contributed by atoms with E-state index in [0.717, 1.165) is 41.4 Å². The predicted molar refractivity (Wildman–Crippen MR) is 129 cm³/mol. The van der Waals surface area contributed by atoms with E-state index in [1.165, 1.54) is 11.3 Å². The number of aromatic nitrogens is 4. The average Bonchev–Trinajstić information content (AvgIpc) is 3.55. The summed E-state index contributed by atoms with van der Waals surface area (Å²) in [6, 6.07) is 9.70. The van der Waals surface area contributed by atoms with E-state index in [2.05, 4.69) is 30.6 Å². The van der Waals surface area contributed by atoms with E-state index in [1.807, 2.05) is 30.3 Å². The van der Waals surface area contributed by atoms with Crippen molar-refractivity contribution in [3.8, 4) is 11.3 Å². The number of H-pyrrole nitrogens is 1. The van der Waals surface area contributed by atoms with Gasteiger partial charge in [0, 0.05) is 30.6 Å². The number of aromatic amines is 1. The largest absolute Gasteiger partial charge is 0.359 e. The molecule has 1 aromatic carbocycles. The Morgan fingerprint density at radius 2 is 1.97 bits per heavy atom. The molecule has 0 aliphatic heterocycles. The van der Waals surface area contributed by atoms with Gasteiger partial charge in [0.1, 0.15) is 10.7 Å². The van der Waals surface area contributed by atoms with Gasteiger partial charge in [-0.15, -0.1) is 11.3 Å². The Bertz CT molecular complexity index is 1220. The molecule has 3 heterocycles. The number of benzene rings is 1. The summed E-state index contributed by atoms with van der Waals surface area (Å²) in [4.78, 5) is 41.2. The van der Waals surface area contributed by atoms with Crippen molar-refractivity contribution < 1.29 is 9.59 Å². The number of thiazole rings is 1. The van der Waals surface area contributed by atoms with Gasteiger partial charge in [0.2, 0.25) is 5.91 Å². The van der Waals surface area contributed by atoms with Gasteiger partial charge in [-0.05, 0) is 18.9 Å². The fourth-order valence-corrected chi connectivity index (χ4v) is 4.27. The number of fused-ring (bicyclic) bond motifs is 1. The number of para-hydroxylation sites is 1. The SMILES string of the molecule is CNC(=O)CCCCCC(NC(=O)c1cncs1)c1ncc(-c2cccc3cccnc23)[nH]1. The standard InChI is InChI=1S/C24H26N6O2S/c1-25-21(31)11-4-2-3-10-18(30-24(32)20-14-26-15-33-20)23-28-13-19(29-23)17-9-5-7-16-8-6-12-27-22(16)17/h5-9,12-15,18H,2-4,10-11H2,1H3,(H,25,31)(H,28,29)(H,30,32). The van der Waals surface area contributed by atoms with Crippen LogP contribution in [0.25, 0.3) is 22.2 Å². The van der Waals surface area contributed by atoms with Gasteiger partial charge in [0.25, 0.3) is 5.91 Å². The number of carbonyl (C=O) groups is 2. The van der Waals surface area contributed by atoms with E-state index in [4.69, 9.17) is 0 Å². The minimum absolute atomic E-state index is 0.0458. The molecule has 4 aromatic rings. The number of amides is 2. The van der Waals surface area contributed by atoms with Crippen molar-refractivity contribution in [3.05, 3.63) is 65.1 Å². The van der Waals surface area contributed by atoms with Crippen molar-refractivity contribution in [1.82, 2.24) is 30.6 Å². The molecule has 0 aliphatic rings. The van der Waals surface area contributed by atoms with E-state index in [9.17, 15) is 9.59 Å². The minimum atomic E-state index is -0.281. The van der Waals surface area contributed by atoms with Gasteiger partial charge in [0.05, 0.1) is 35.2 Å². The Labute approximate surface area is 195 Å². The van der Waals surface area contributed by atoms with Crippen molar-refractivity contribution in [2.75, 3.05) is 7.05 Å². The highest BCUT2D eigenvalue weighted by atomic mass is 32.1. The van der Waals surface area contributed by atoms with E-state index in [1.54, 1.807) is 31.1 Å². The fourth-order valence-electron chi connectivity index (χ4n) is 3.74. The second-order valence-corrected chi connectivity index (χ2v) is 8.61. The average molecular weight is 463 g/mol. The molecule has 3 N–H and O–H groups in total. The molecule has 1 unspecified atom stereocenters. The van der Waals surface area contributed by atoms with Gasteiger partial charge < -0.3 is 15.6 Å². The van der Waals surface area contributed by atoms with Crippen LogP contribution in [-0.4, -0.2) is 38.8 Å². The highest BCUT2D eigenvalue weighted by Gasteiger charge is 2.20. The van der Waals surface area contributed by atoms with Gasteiger partial charge in [-0.3, -0.25) is 19.6 Å². The Morgan fingerprint density at radius 3 is 2.79 bits per heavy atom. The molecule has 0 fully saturated rings. The van der Waals surface area contributed by atoms with Gasteiger partial charge >= 0.3 is 0 Å². The van der Waals surface area contributed by atoms with Crippen LogP contribution in [0.3, 0.4) is 0 Å². The quantitative estimate of drug-likeness (QED) is 0.305. The first-order valence-electron chi connectivity index (χ1n) is 10.9. The molecule has 0 aliphatic carbocycles. The first kappa shape index (κ1) is 22.6. The van der Waals surface area contributed by atoms with Crippen LogP contribution in [0.15, 0.2) is 54.4 Å². The molecular formula is C24H26N6O2S. The summed E-state index contributed by atoms with van der Waals surface area (Å²) in [5.74, 6) is 0.573. The zero-order chi connectivity index (χ0) is 23.0. The second-order valence-electron chi connectivity index (χ2n) is 7.73. The van der Waals surface area contributed by atoms with E-state index < -0.39 is 0 Å². The lowest BCUT2D eigenvalue weighted by molar-refractivity contribution is -0.120. The van der Waals surface area contributed by atoms with Crippen LogP contribution >= 0.6 is 11.3 Å². The fraction of sp³-hybridized carbons (Fsp3) is 0.292. The zero-order valence-corrected chi connectivity index (χ0v) is 19.2. The molecule has 9 heteroatoms. The van der Waals surface area contributed by atoms with Crippen LogP contribution in [0, 0.1) is 0 Å². The molecule has 1 atom stereocenters. The molecule has 170 valence electrons. The molecule has 2 amide bonds. The van der Waals surface area contributed by atoms with Gasteiger partial charge in [-0.25, -0.2) is 4.98 Å². The first-order chi connectivity index (χ1) is 16.2. The maximum Gasteiger partial charge on any atom is 0.263 e. The first-order valence-corrected chi connectivity index (χ1v) is 11.8. The number of imidazole rings is 1. The number of rotatable bonds is 10. The maximum atomic E-state index is 12.7. The number of hydrogen-bond donors (Lipinski definition) is 3. The number of unbranched alkanes of at least 4 members (excludes halogenated alkanes) is 2. The van der Waals surface area contributed by atoms with Gasteiger partial charge in [0.15, 0.2) is 0 Å². The van der Waals surface area contributed by atoms with Gasteiger partial charge in [-0.1, -0.05) is 37.1 Å². The molecule has 33 heavy (non-hydrogen) atoms. The van der Waals surface area contributed by atoms with Crippen LogP contribution in [0.2, 0.25) is 0 Å². The summed E-state index contributed by atoms with van der Waals surface area (Å²) >= 11 is 1.30. The molecule has 0 saturated heterocycles. The molecule has 0 saturated carbocycles. The Balaban J connectivity index is 1.51. The van der Waals surface area contributed by atoms with Crippen LogP contribution in [0.5, 0.6) is 0 Å². The summed E-state index contributed by atoms with van der Waals surface area (Å²) in [6.07, 6.45) is 8.90. The maximum absolute atomic E-state index is 12.7. The highest BCUT2D eigenvalue weighted by Crippen LogP contribution is 2.28. The number of nitrogens with zero attached hydrogens (tertiary/aromatic N) is 3. The third-order valence-electron chi connectivity index (χ3n) is 5.49. The minimum Gasteiger partial charge on any atom is -0.359 e. The predicted octanol–water partition coefficient (Wildman–Crippen LogP) is 4.25. The van der Waals surface area contributed by atoms with Crippen molar-refractivity contribution >= 4 is 34.1 Å². The number of carbonyl (C=O) groups excluding carboxylic acids is 2. The third kappa shape index (κ3) is 5.61. The molecule has 0 bridgehead atoms. The van der Waals surface area contributed by atoms with Crippen molar-refractivity contribution in [1.29, 1.82) is 0 Å². The molecule has 4 rings (SSSR count). The van der Waals surface area contributed by atoms with Crippen LogP contribution in [0.4, 0.5) is 0 Å². The van der Waals surface area contributed by atoms with Crippen molar-refractivity contribution in [3.63, 3.8) is 0 Å². The summed E-state index contributed by atoms with van der Waals surface area (Å²) in [5.41, 5.74) is 4.35. The van der Waals surface area contributed by atoms with E-state index in [0.29, 0.717) is 23.5 Å².